The summed E-state index contributed by atoms with van der Waals surface area (Å²) in [5, 5.41) is 2.68. The van der Waals surface area contributed by atoms with Crippen LogP contribution in [0.4, 0.5) is 11.4 Å². The molecule has 3 aromatic rings. The smallest absolute Gasteiger partial charge is 0.270 e. The number of fused-ring (bicyclic) bond motifs is 1. The number of allylic oxidation sites excluding steroid dienone is 3. The second-order valence-electron chi connectivity index (χ2n) is 9.14. The molecule has 2 aliphatic rings. The van der Waals surface area contributed by atoms with Gasteiger partial charge in [-0.25, -0.2) is 0 Å². The minimum atomic E-state index is -0.516. The van der Waals surface area contributed by atoms with Gasteiger partial charge in [-0.1, -0.05) is 50.2 Å². The molecule has 1 saturated heterocycles. The predicted octanol–water partition coefficient (Wildman–Crippen LogP) is 5.46. The number of amides is 2. The highest BCUT2D eigenvalue weighted by molar-refractivity contribution is 7.80. The number of nitrogens with one attached hydrogen (secondary N) is 1. The normalized spacial score (nSPS) is 19.0. The molecule has 0 radical (unpaired) electrons. The summed E-state index contributed by atoms with van der Waals surface area (Å²) in [5.41, 5.74) is 3.55. The van der Waals surface area contributed by atoms with Gasteiger partial charge in [0.25, 0.3) is 11.8 Å². The molecule has 6 nitrogen and oxygen atoms in total. The van der Waals surface area contributed by atoms with E-state index >= 15 is 0 Å². The molecule has 0 spiro atoms. The lowest BCUT2D eigenvalue weighted by Gasteiger charge is -2.29. The van der Waals surface area contributed by atoms with Crippen molar-refractivity contribution in [1.82, 2.24) is 5.32 Å². The Labute approximate surface area is 215 Å². The molecule has 36 heavy (non-hydrogen) atoms. The molecule has 7 heteroatoms. The number of para-hydroxylation sites is 2. The minimum Gasteiger partial charge on any atom is -0.457 e. The first-order valence-corrected chi connectivity index (χ1v) is 12.0. The largest absolute Gasteiger partial charge is 0.457 e. The van der Waals surface area contributed by atoms with E-state index < -0.39 is 11.8 Å². The summed E-state index contributed by atoms with van der Waals surface area (Å²) in [7, 11) is 1.99. The Morgan fingerprint density at radius 1 is 0.861 bits per heavy atom. The molecule has 1 fully saturated rings. The van der Waals surface area contributed by atoms with Gasteiger partial charge in [-0.3, -0.25) is 19.8 Å². The van der Waals surface area contributed by atoms with E-state index in [0.29, 0.717) is 17.2 Å². The Morgan fingerprint density at radius 2 is 1.50 bits per heavy atom. The molecule has 2 heterocycles. The Kier molecular flexibility index (Phi) is 5.94. The number of benzene rings is 3. The molecule has 3 aromatic carbocycles. The number of nitrogens with zero attached hydrogens (tertiary/aromatic N) is 2. The van der Waals surface area contributed by atoms with Gasteiger partial charge in [-0.05, 0) is 72.4 Å². The number of thiocarbonyl (C=S) groups is 1. The van der Waals surface area contributed by atoms with E-state index in [4.69, 9.17) is 17.0 Å². The van der Waals surface area contributed by atoms with E-state index in [2.05, 4.69) is 36.2 Å². The molecule has 0 unspecified atom stereocenters. The van der Waals surface area contributed by atoms with Crippen LogP contribution in [0.2, 0.25) is 0 Å². The maximum Gasteiger partial charge on any atom is 0.270 e. The van der Waals surface area contributed by atoms with Gasteiger partial charge >= 0.3 is 0 Å². The number of carbonyl (C=O) groups excluding carboxylic acids is 2. The maximum absolute atomic E-state index is 13.4. The van der Waals surface area contributed by atoms with Gasteiger partial charge in [0.2, 0.25) is 0 Å². The average molecular weight is 496 g/mol. The second kappa shape index (κ2) is 9.09. The van der Waals surface area contributed by atoms with Crippen molar-refractivity contribution < 1.29 is 14.3 Å². The van der Waals surface area contributed by atoms with Crippen LogP contribution in [-0.2, 0) is 15.0 Å². The van der Waals surface area contributed by atoms with Crippen LogP contribution in [0.15, 0.2) is 102 Å². The molecule has 180 valence electrons. The monoisotopic (exact) mass is 495 g/mol. The number of ether oxygens (including phenoxy) is 1. The van der Waals surface area contributed by atoms with Crippen molar-refractivity contribution in [3.63, 3.8) is 0 Å². The van der Waals surface area contributed by atoms with Crippen LogP contribution in [0.5, 0.6) is 11.5 Å². The lowest BCUT2D eigenvalue weighted by molar-refractivity contribution is -0.122. The quantitative estimate of drug-likeness (QED) is 0.296. The van der Waals surface area contributed by atoms with Crippen molar-refractivity contribution in [2.75, 3.05) is 16.8 Å². The number of rotatable bonds is 4. The molecule has 0 saturated carbocycles. The van der Waals surface area contributed by atoms with Crippen LogP contribution < -0.4 is 19.9 Å². The summed E-state index contributed by atoms with van der Waals surface area (Å²) in [6, 6.07) is 24.6. The van der Waals surface area contributed by atoms with Gasteiger partial charge in [0, 0.05) is 23.8 Å². The average Bonchev–Trinajstić information content (AvgIpc) is 3.06. The third-order valence-electron chi connectivity index (χ3n) is 6.52. The van der Waals surface area contributed by atoms with Crippen molar-refractivity contribution >= 4 is 40.5 Å². The molecule has 0 aromatic heterocycles. The van der Waals surface area contributed by atoms with E-state index in [1.165, 1.54) is 10.5 Å². The SMILES string of the molecule is CN1/C(=C/C=C2/C(=O)NC(=S)N(c3ccc(Oc4ccccc4)cc3)C2=O)C(C)(C)c2ccccc21. The van der Waals surface area contributed by atoms with Crippen molar-refractivity contribution in [3.8, 4) is 11.5 Å². The van der Waals surface area contributed by atoms with E-state index in [-0.39, 0.29) is 16.1 Å². The molecule has 0 aliphatic carbocycles. The van der Waals surface area contributed by atoms with Gasteiger partial charge in [0.1, 0.15) is 17.1 Å². The molecular formula is C29H25N3O3S. The van der Waals surface area contributed by atoms with E-state index in [9.17, 15) is 9.59 Å². The summed E-state index contributed by atoms with van der Waals surface area (Å²) in [6.07, 6.45) is 3.43. The number of anilines is 2. The van der Waals surface area contributed by atoms with Gasteiger partial charge in [-0.15, -0.1) is 0 Å². The van der Waals surface area contributed by atoms with Crippen LogP contribution in [-0.4, -0.2) is 24.0 Å². The lowest BCUT2D eigenvalue weighted by atomic mass is 9.83. The number of hydrogen-bond donors (Lipinski definition) is 1. The lowest BCUT2D eigenvalue weighted by Crippen LogP contribution is -2.54. The second-order valence-corrected chi connectivity index (χ2v) is 9.53. The molecule has 1 N–H and O–H groups in total. The molecule has 0 bridgehead atoms. The fraction of sp³-hybridized carbons (Fsp3) is 0.138. The van der Waals surface area contributed by atoms with Gasteiger partial charge in [0.05, 0.1) is 5.69 Å². The van der Waals surface area contributed by atoms with Crippen LogP contribution in [0.3, 0.4) is 0 Å². The topological polar surface area (TPSA) is 61.9 Å². The zero-order valence-corrected chi connectivity index (χ0v) is 21.0. The Balaban J connectivity index is 1.42. The van der Waals surface area contributed by atoms with Crippen LogP contribution >= 0.6 is 12.2 Å². The number of likely N-dealkylation sites (N-methyl/N-ethyl adjacent to an activating group) is 1. The summed E-state index contributed by atoms with van der Waals surface area (Å²) >= 11 is 5.34. The highest BCUT2D eigenvalue weighted by Gasteiger charge is 2.39. The zero-order chi connectivity index (χ0) is 25.4. The van der Waals surface area contributed by atoms with E-state index in [1.54, 1.807) is 30.3 Å². The number of carbonyl (C=O) groups is 2. The molecule has 0 atom stereocenters. The Hall–Kier alpha value is -4.23. The van der Waals surface area contributed by atoms with Crippen LogP contribution in [0.25, 0.3) is 0 Å². The van der Waals surface area contributed by atoms with Gasteiger partial charge in [-0.2, -0.15) is 0 Å². The standard InChI is InChI=1S/C29H25N3O3S/c1-29(2)23-11-7-8-12-24(23)31(3)25(29)18-17-22-26(33)30-28(36)32(27(22)34)19-13-15-21(16-14-19)35-20-9-5-4-6-10-20/h4-18H,1-3H3,(H,30,33,36)/b22-17-,25-18+. The fourth-order valence-corrected chi connectivity index (χ4v) is 4.94. The first-order chi connectivity index (χ1) is 17.3. The molecular weight excluding hydrogens is 470 g/mol. The van der Waals surface area contributed by atoms with Crippen molar-refractivity contribution in [2.45, 2.75) is 19.3 Å². The van der Waals surface area contributed by atoms with Crippen molar-refractivity contribution in [2.24, 2.45) is 0 Å². The van der Waals surface area contributed by atoms with Crippen LogP contribution in [0, 0.1) is 0 Å². The Bertz CT molecular complexity index is 1430. The number of hydrogen-bond acceptors (Lipinski definition) is 5. The predicted molar refractivity (Wildman–Crippen MR) is 145 cm³/mol. The van der Waals surface area contributed by atoms with Crippen molar-refractivity contribution in [1.29, 1.82) is 0 Å². The summed E-state index contributed by atoms with van der Waals surface area (Å²) in [6.45, 7) is 4.26. The minimum absolute atomic E-state index is 0.0147. The van der Waals surface area contributed by atoms with E-state index in [0.717, 1.165) is 11.4 Å². The summed E-state index contributed by atoms with van der Waals surface area (Å²) in [4.78, 5) is 29.6. The van der Waals surface area contributed by atoms with Crippen LogP contribution in [0.1, 0.15) is 19.4 Å². The van der Waals surface area contributed by atoms with Crippen molar-refractivity contribution in [3.05, 3.63) is 108 Å². The fourth-order valence-electron chi connectivity index (χ4n) is 4.66. The highest BCUT2D eigenvalue weighted by atomic mass is 32.1. The first kappa shape index (κ1) is 23.5. The third-order valence-corrected chi connectivity index (χ3v) is 6.81. The first-order valence-electron chi connectivity index (χ1n) is 11.6. The molecule has 2 amide bonds. The summed E-state index contributed by atoms with van der Waals surface area (Å²) < 4.78 is 5.83. The van der Waals surface area contributed by atoms with Gasteiger partial charge in [0.15, 0.2) is 5.11 Å². The van der Waals surface area contributed by atoms with E-state index in [1.807, 2.05) is 55.6 Å². The zero-order valence-electron chi connectivity index (χ0n) is 20.2. The maximum atomic E-state index is 13.4. The van der Waals surface area contributed by atoms with Gasteiger partial charge < -0.3 is 9.64 Å². The Morgan fingerprint density at radius 3 is 2.19 bits per heavy atom. The highest BCUT2D eigenvalue weighted by Crippen LogP contribution is 2.46. The third kappa shape index (κ3) is 4.07. The molecule has 2 aliphatic heterocycles. The summed E-state index contributed by atoms with van der Waals surface area (Å²) in [5.74, 6) is 0.338. The molecule has 5 rings (SSSR count).